The van der Waals surface area contributed by atoms with Crippen molar-refractivity contribution in [3.05, 3.63) is 11.3 Å². The molecule has 1 aliphatic heterocycles. The quantitative estimate of drug-likeness (QED) is 0.629. The minimum Gasteiger partial charge on any atom is -0.498 e. The van der Waals surface area contributed by atoms with Gasteiger partial charge >= 0.3 is 5.97 Å². The number of allylic oxidation sites excluding steroid dienone is 1. The Balaban J connectivity index is 2.54. The van der Waals surface area contributed by atoms with Crippen LogP contribution in [-0.2, 0) is 9.53 Å². The predicted octanol–water partition coefficient (Wildman–Crippen LogP) is 1.16. The molecule has 0 bridgehead atoms. The zero-order chi connectivity index (χ0) is 7.56. The van der Waals surface area contributed by atoms with Gasteiger partial charge in [0.05, 0.1) is 18.8 Å². The first-order valence-corrected chi connectivity index (χ1v) is 3.23. The van der Waals surface area contributed by atoms with E-state index in [0.29, 0.717) is 6.61 Å². The number of rotatable bonds is 2. The molecule has 0 atom stereocenters. The summed E-state index contributed by atoms with van der Waals surface area (Å²) in [5, 5.41) is 8.40. The molecule has 56 valence electrons. The smallest absolute Gasteiger partial charge is 0.307 e. The van der Waals surface area contributed by atoms with E-state index in [9.17, 15) is 4.79 Å². The molecule has 1 N–H and O–H groups in total. The van der Waals surface area contributed by atoms with Crippen molar-refractivity contribution in [1.29, 1.82) is 0 Å². The lowest BCUT2D eigenvalue weighted by Crippen LogP contribution is -1.96. The van der Waals surface area contributed by atoms with Gasteiger partial charge < -0.3 is 9.84 Å². The summed E-state index contributed by atoms with van der Waals surface area (Å²) in [6.07, 6.45) is 0.907. The molecule has 0 aliphatic carbocycles. The highest BCUT2D eigenvalue weighted by molar-refractivity contribution is 5.70. The minimum atomic E-state index is -0.778. The van der Waals surface area contributed by atoms with Crippen LogP contribution in [0.15, 0.2) is 11.3 Å². The van der Waals surface area contributed by atoms with Gasteiger partial charge in [-0.25, -0.2) is 0 Å². The highest BCUT2D eigenvalue weighted by Gasteiger charge is 2.14. The lowest BCUT2D eigenvalue weighted by atomic mass is 10.1. The molecule has 0 spiro atoms. The van der Waals surface area contributed by atoms with Crippen molar-refractivity contribution in [3.63, 3.8) is 0 Å². The lowest BCUT2D eigenvalue weighted by Gasteiger charge is -1.95. The van der Waals surface area contributed by atoms with Crippen molar-refractivity contribution in [2.45, 2.75) is 19.8 Å². The summed E-state index contributed by atoms with van der Waals surface area (Å²) in [7, 11) is 0. The fourth-order valence-electron chi connectivity index (χ4n) is 1.00. The molecule has 1 aliphatic rings. The Hall–Kier alpha value is -0.990. The second-order valence-corrected chi connectivity index (χ2v) is 2.33. The van der Waals surface area contributed by atoms with Crippen LogP contribution in [0.4, 0.5) is 0 Å². The van der Waals surface area contributed by atoms with Gasteiger partial charge in [0.2, 0.25) is 0 Å². The lowest BCUT2D eigenvalue weighted by molar-refractivity contribution is -0.136. The molecule has 0 saturated carbocycles. The van der Waals surface area contributed by atoms with Crippen molar-refractivity contribution in [2.24, 2.45) is 0 Å². The Kier molecular flexibility index (Phi) is 1.94. The fraction of sp³-hybridized carbons (Fsp3) is 0.571. The largest absolute Gasteiger partial charge is 0.498 e. The average Bonchev–Trinajstić information content (AvgIpc) is 2.15. The maximum atomic E-state index is 10.2. The number of carboxylic acid groups (broad SMARTS) is 1. The Morgan fingerprint density at radius 2 is 2.50 bits per heavy atom. The molecular weight excluding hydrogens is 132 g/mol. The van der Waals surface area contributed by atoms with Gasteiger partial charge in [-0.2, -0.15) is 0 Å². The number of carboxylic acids is 1. The van der Waals surface area contributed by atoms with Crippen LogP contribution in [0.25, 0.3) is 0 Å². The topological polar surface area (TPSA) is 46.5 Å². The van der Waals surface area contributed by atoms with Gasteiger partial charge in [-0.15, -0.1) is 0 Å². The molecule has 0 aromatic heterocycles. The third kappa shape index (κ3) is 1.50. The number of hydrogen-bond acceptors (Lipinski definition) is 2. The van der Waals surface area contributed by atoms with Crippen molar-refractivity contribution < 1.29 is 14.6 Å². The monoisotopic (exact) mass is 142 g/mol. The van der Waals surface area contributed by atoms with Gasteiger partial charge in [-0.05, 0) is 12.5 Å². The van der Waals surface area contributed by atoms with Gasteiger partial charge in [0, 0.05) is 6.42 Å². The SMILES string of the molecule is CC1=C(CC(=O)O)CCO1. The Morgan fingerprint density at radius 3 is 2.90 bits per heavy atom. The van der Waals surface area contributed by atoms with Crippen molar-refractivity contribution in [1.82, 2.24) is 0 Å². The van der Waals surface area contributed by atoms with Crippen molar-refractivity contribution in [3.8, 4) is 0 Å². The fourth-order valence-corrected chi connectivity index (χ4v) is 1.00. The zero-order valence-electron chi connectivity index (χ0n) is 5.89. The average molecular weight is 142 g/mol. The van der Waals surface area contributed by atoms with E-state index in [-0.39, 0.29) is 6.42 Å². The molecule has 1 heterocycles. The van der Waals surface area contributed by atoms with Crippen LogP contribution in [0.2, 0.25) is 0 Å². The van der Waals surface area contributed by atoms with Crippen LogP contribution < -0.4 is 0 Å². The Morgan fingerprint density at radius 1 is 1.80 bits per heavy atom. The third-order valence-corrected chi connectivity index (χ3v) is 1.58. The van der Waals surface area contributed by atoms with Crippen molar-refractivity contribution in [2.75, 3.05) is 6.61 Å². The molecule has 1 rings (SSSR count). The predicted molar refractivity (Wildman–Crippen MR) is 35.5 cm³/mol. The van der Waals surface area contributed by atoms with E-state index in [4.69, 9.17) is 9.84 Å². The first-order chi connectivity index (χ1) is 4.70. The summed E-state index contributed by atoms with van der Waals surface area (Å²) in [6, 6.07) is 0. The van der Waals surface area contributed by atoms with Crippen LogP contribution in [-0.4, -0.2) is 17.7 Å². The molecule has 0 saturated heterocycles. The Labute approximate surface area is 59.3 Å². The van der Waals surface area contributed by atoms with Crippen LogP contribution in [0.3, 0.4) is 0 Å². The van der Waals surface area contributed by atoms with E-state index >= 15 is 0 Å². The van der Waals surface area contributed by atoms with E-state index in [2.05, 4.69) is 0 Å². The van der Waals surface area contributed by atoms with Gasteiger partial charge in [0.25, 0.3) is 0 Å². The first kappa shape index (κ1) is 7.12. The second-order valence-electron chi connectivity index (χ2n) is 2.33. The first-order valence-electron chi connectivity index (χ1n) is 3.23. The van der Waals surface area contributed by atoms with E-state index in [1.54, 1.807) is 0 Å². The van der Waals surface area contributed by atoms with E-state index in [1.807, 2.05) is 6.92 Å². The summed E-state index contributed by atoms with van der Waals surface area (Å²) in [5.74, 6) is 0.0160. The molecule has 3 nitrogen and oxygen atoms in total. The van der Waals surface area contributed by atoms with Crippen LogP contribution in [0.5, 0.6) is 0 Å². The van der Waals surface area contributed by atoms with Gasteiger partial charge in [0.15, 0.2) is 0 Å². The number of hydrogen-bond donors (Lipinski definition) is 1. The summed E-state index contributed by atoms with van der Waals surface area (Å²) in [6.45, 7) is 2.46. The summed E-state index contributed by atoms with van der Waals surface area (Å²) < 4.78 is 5.08. The number of ether oxygens (including phenoxy) is 1. The van der Waals surface area contributed by atoms with Gasteiger partial charge in [0.1, 0.15) is 0 Å². The molecule has 0 radical (unpaired) electrons. The van der Waals surface area contributed by atoms with Gasteiger partial charge in [-0.1, -0.05) is 0 Å². The normalized spacial score (nSPS) is 17.3. The van der Waals surface area contributed by atoms with Crippen LogP contribution >= 0.6 is 0 Å². The third-order valence-electron chi connectivity index (χ3n) is 1.58. The van der Waals surface area contributed by atoms with Crippen molar-refractivity contribution >= 4 is 5.97 Å². The summed E-state index contributed by atoms with van der Waals surface area (Å²) >= 11 is 0. The van der Waals surface area contributed by atoms with E-state index in [0.717, 1.165) is 17.8 Å². The molecule has 0 unspecified atom stereocenters. The van der Waals surface area contributed by atoms with Crippen LogP contribution in [0.1, 0.15) is 19.8 Å². The number of carbonyl (C=O) groups is 1. The molecule has 3 heteroatoms. The van der Waals surface area contributed by atoms with Gasteiger partial charge in [-0.3, -0.25) is 4.79 Å². The summed E-state index contributed by atoms with van der Waals surface area (Å²) in [5.41, 5.74) is 0.924. The highest BCUT2D eigenvalue weighted by atomic mass is 16.5. The van der Waals surface area contributed by atoms with E-state index in [1.165, 1.54) is 0 Å². The molecule has 0 aromatic carbocycles. The molecular formula is C7H10O3. The second kappa shape index (κ2) is 2.73. The minimum absolute atomic E-state index is 0.131. The molecule has 0 fully saturated rings. The maximum Gasteiger partial charge on any atom is 0.307 e. The highest BCUT2D eigenvalue weighted by Crippen LogP contribution is 2.20. The van der Waals surface area contributed by atoms with E-state index < -0.39 is 5.97 Å². The Bertz CT molecular complexity index is 181. The molecule has 0 aromatic rings. The number of aliphatic carboxylic acids is 1. The molecule has 0 amide bonds. The van der Waals surface area contributed by atoms with Crippen LogP contribution in [0, 0.1) is 0 Å². The summed E-state index contributed by atoms with van der Waals surface area (Å²) in [4.78, 5) is 10.2. The zero-order valence-corrected chi connectivity index (χ0v) is 5.89. The molecule has 10 heavy (non-hydrogen) atoms. The standard InChI is InChI=1S/C7H10O3/c1-5-6(2-3-10-5)4-7(8)9/h2-4H2,1H3,(H,8,9). The maximum absolute atomic E-state index is 10.2.